The van der Waals surface area contributed by atoms with Gasteiger partial charge in [-0.3, -0.25) is 4.79 Å². The highest BCUT2D eigenvalue weighted by Crippen LogP contribution is 2.51. The summed E-state index contributed by atoms with van der Waals surface area (Å²) in [7, 11) is 1.65. The van der Waals surface area contributed by atoms with Crippen LogP contribution in [-0.2, 0) is 19.7 Å². The van der Waals surface area contributed by atoms with Gasteiger partial charge < -0.3 is 19.8 Å². The summed E-state index contributed by atoms with van der Waals surface area (Å²) in [4.78, 5) is 31.2. The second-order valence-electron chi connectivity index (χ2n) is 10.4. The normalized spacial score (nSPS) is 20.6. The predicted octanol–water partition coefficient (Wildman–Crippen LogP) is 7.41. The maximum atomic E-state index is 14.2. The van der Waals surface area contributed by atoms with Crippen LogP contribution in [0.3, 0.4) is 0 Å². The van der Waals surface area contributed by atoms with E-state index in [1.807, 2.05) is 95.4 Å². The lowest BCUT2D eigenvalue weighted by Gasteiger charge is -2.43. The van der Waals surface area contributed by atoms with Gasteiger partial charge in [-0.2, -0.15) is 0 Å². The molecule has 1 aliphatic carbocycles. The average Bonchev–Trinajstić information content (AvgIpc) is 3.46. The summed E-state index contributed by atoms with van der Waals surface area (Å²) in [5.41, 5.74) is 5.31. The van der Waals surface area contributed by atoms with Gasteiger partial charge in [0.1, 0.15) is 12.4 Å². The molecule has 0 spiro atoms. The highest BCUT2D eigenvalue weighted by Gasteiger charge is 2.50. The van der Waals surface area contributed by atoms with Gasteiger partial charge in [0.25, 0.3) is 0 Å². The van der Waals surface area contributed by atoms with Crippen molar-refractivity contribution in [2.45, 2.75) is 58.8 Å². The molecule has 0 saturated carbocycles. The van der Waals surface area contributed by atoms with Crippen molar-refractivity contribution in [1.29, 1.82) is 0 Å². The van der Waals surface area contributed by atoms with Gasteiger partial charge in [0.2, 0.25) is 0 Å². The van der Waals surface area contributed by atoms with Gasteiger partial charge in [-0.1, -0.05) is 62.9 Å². The summed E-state index contributed by atoms with van der Waals surface area (Å²) in [5, 5.41) is 4.42. The van der Waals surface area contributed by atoms with Crippen LogP contribution in [0.5, 0.6) is 5.75 Å². The molecule has 2 atom stereocenters. The third kappa shape index (κ3) is 5.39. The number of H-pyrrole nitrogens is 1. The van der Waals surface area contributed by atoms with E-state index in [2.05, 4.69) is 16.9 Å². The van der Waals surface area contributed by atoms with Crippen LogP contribution in [0.1, 0.15) is 64.5 Å². The smallest absolute Gasteiger partial charge is 0.337 e. The molecule has 2 aromatic carbocycles. The zero-order valence-electron chi connectivity index (χ0n) is 24.9. The Balaban J connectivity index is 0.00000189. The molecule has 0 amide bonds. The third-order valence-electron chi connectivity index (χ3n) is 7.93. The van der Waals surface area contributed by atoms with Gasteiger partial charge in [-0.25, -0.2) is 4.79 Å². The van der Waals surface area contributed by atoms with Crippen LogP contribution in [0.2, 0.25) is 0 Å². The number of fused-ring (bicyclic) bond motifs is 1. The van der Waals surface area contributed by atoms with E-state index < -0.39 is 11.4 Å². The largest absolute Gasteiger partial charge is 0.496 e. The van der Waals surface area contributed by atoms with Gasteiger partial charge in [-0.05, 0) is 62.1 Å². The number of dihydropyridines is 1. The van der Waals surface area contributed by atoms with Crippen molar-refractivity contribution in [3.63, 3.8) is 0 Å². The van der Waals surface area contributed by atoms with Crippen LogP contribution in [0.25, 0.3) is 10.9 Å². The number of ether oxygens (including phenoxy) is 2. The second kappa shape index (κ2) is 12.5. The van der Waals surface area contributed by atoms with E-state index in [0.29, 0.717) is 29.7 Å². The number of aromatic amines is 1. The SMILES string of the molecule is C=C/C=C(\C)COC(=O)C1=C(C)NC2=C(C(=O)C[C@H](c3ccccc3OC)C2)[C@@]1(C)c1cccc2[nH]ccc12.CC. The number of aromatic nitrogens is 1. The van der Waals surface area contributed by atoms with Crippen LogP contribution in [0.15, 0.2) is 102 Å². The zero-order valence-corrected chi connectivity index (χ0v) is 24.9. The maximum Gasteiger partial charge on any atom is 0.337 e. The molecular formula is C35H40N2O4. The molecule has 41 heavy (non-hydrogen) atoms. The van der Waals surface area contributed by atoms with E-state index in [4.69, 9.17) is 9.47 Å². The first-order chi connectivity index (χ1) is 19.8. The molecule has 0 unspecified atom stereocenters. The molecule has 2 aliphatic rings. The molecule has 5 rings (SSSR count). The first kappa shape index (κ1) is 29.7. The number of esters is 1. The predicted molar refractivity (Wildman–Crippen MR) is 165 cm³/mol. The fourth-order valence-corrected chi connectivity index (χ4v) is 6.27. The minimum absolute atomic E-state index is 0.00947. The van der Waals surface area contributed by atoms with Crippen LogP contribution in [0.4, 0.5) is 0 Å². The quantitative estimate of drug-likeness (QED) is 0.236. The Hall–Kier alpha value is -4.32. The Morgan fingerprint density at radius 3 is 2.61 bits per heavy atom. The van der Waals surface area contributed by atoms with Crippen molar-refractivity contribution < 1.29 is 19.1 Å². The number of rotatable bonds is 7. The maximum absolute atomic E-state index is 14.2. The molecule has 6 heteroatoms. The lowest BCUT2D eigenvalue weighted by Crippen LogP contribution is -2.45. The van der Waals surface area contributed by atoms with Crippen LogP contribution in [-0.4, -0.2) is 30.5 Å². The van der Waals surface area contributed by atoms with Crippen molar-refractivity contribution in [3.8, 4) is 5.75 Å². The van der Waals surface area contributed by atoms with Gasteiger partial charge in [-0.15, -0.1) is 0 Å². The molecule has 1 aromatic heterocycles. The van der Waals surface area contributed by atoms with E-state index in [0.717, 1.165) is 39.0 Å². The van der Waals surface area contributed by atoms with Crippen LogP contribution in [0, 0.1) is 0 Å². The lowest BCUT2D eigenvalue weighted by molar-refractivity contribution is -0.138. The molecule has 0 radical (unpaired) electrons. The highest BCUT2D eigenvalue weighted by molar-refractivity contribution is 6.07. The molecule has 0 fully saturated rings. The number of hydrogen-bond acceptors (Lipinski definition) is 5. The van der Waals surface area contributed by atoms with E-state index in [-0.39, 0.29) is 18.3 Å². The first-order valence-electron chi connectivity index (χ1n) is 14.2. The first-order valence-corrected chi connectivity index (χ1v) is 14.2. The number of ketones is 1. The van der Waals surface area contributed by atoms with Gasteiger partial charge in [0.05, 0.1) is 18.1 Å². The third-order valence-corrected chi connectivity index (χ3v) is 7.93. The fraction of sp³-hybridized carbons (Fsp3) is 0.314. The summed E-state index contributed by atoms with van der Waals surface area (Å²) >= 11 is 0. The van der Waals surface area contributed by atoms with E-state index in [1.54, 1.807) is 13.2 Å². The number of methoxy groups -OCH3 is 1. The molecule has 2 N–H and O–H groups in total. The summed E-state index contributed by atoms with van der Waals surface area (Å²) in [5.74, 6) is 0.294. The zero-order chi connectivity index (χ0) is 29.7. The molecule has 1 aliphatic heterocycles. The van der Waals surface area contributed by atoms with Crippen LogP contribution < -0.4 is 10.1 Å². The summed E-state index contributed by atoms with van der Waals surface area (Å²) in [6.07, 6.45) is 6.31. The second-order valence-corrected chi connectivity index (χ2v) is 10.4. The molecule has 214 valence electrons. The number of Topliss-reactive ketones (excluding diaryl/α,β-unsaturated/α-hetero) is 1. The fourth-order valence-electron chi connectivity index (χ4n) is 6.27. The Morgan fingerprint density at radius 2 is 1.88 bits per heavy atom. The number of hydrogen-bond donors (Lipinski definition) is 2. The molecule has 0 saturated heterocycles. The minimum atomic E-state index is -1.01. The molecule has 6 nitrogen and oxygen atoms in total. The van der Waals surface area contributed by atoms with Crippen molar-refractivity contribution in [2.75, 3.05) is 13.7 Å². The van der Waals surface area contributed by atoms with Gasteiger partial charge in [0, 0.05) is 46.4 Å². The lowest BCUT2D eigenvalue weighted by atomic mass is 9.62. The van der Waals surface area contributed by atoms with Crippen LogP contribution >= 0.6 is 0 Å². The molecular weight excluding hydrogens is 512 g/mol. The summed E-state index contributed by atoms with van der Waals surface area (Å²) in [6, 6.07) is 15.8. The molecule has 2 heterocycles. The molecule has 3 aromatic rings. The van der Waals surface area contributed by atoms with Crippen molar-refractivity contribution in [2.24, 2.45) is 0 Å². The number of carbonyl (C=O) groups is 2. The van der Waals surface area contributed by atoms with E-state index >= 15 is 0 Å². The monoisotopic (exact) mass is 552 g/mol. The van der Waals surface area contributed by atoms with Gasteiger partial charge in [0.15, 0.2) is 5.78 Å². The topological polar surface area (TPSA) is 80.4 Å². The molecule has 0 bridgehead atoms. The number of para-hydroxylation sites is 1. The van der Waals surface area contributed by atoms with Crippen molar-refractivity contribution >= 4 is 22.7 Å². The van der Waals surface area contributed by atoms with Gasteiger partial charge >= 0.3 is 5.97 Å². The Kier molecular flexibility index (Phi) is 9.01. The minimum Gasteiger partial charge on any atom is -0.496 e. The highest BCUT2D eigenvalue weighted by atomic mass is 16.5. The Labute approximate surface area is 242 Å². The number of nitrogens with one attached hydrogen (secondary N) is 2. The summed E-state index contributed by atoms with van der Waals surface area (Å²) in [6.45, 7) is 13.6. The number of allylic oxidation sites excluding steroid dienone is 5. The number of carbonyl (C=O) groups excluding carboxylic acids is 2. The summed E-state index contributed by atoms with van der Waals surface area (Å²) < 4.78 is 11.4. The standard InChI is InChI=1S/C33H34N2O4.C2H6/c1-6-10-20(2)19-39-32(37)30-21(3)35-27-17-22(23-11-7-8-14-29(23)38-5)18-28(36)31(27)33(30,4)25-12-9-13-26-24(25)15-16-34-26;1-2/h6-16,22,34-35H,1,17-19H2,2-5H3;1-2H3/b20-10+;/t22-,33+;/m1./s1. The Morgan fingerprint density at radius 1 is 1.12 bits per heavy atom. The Bertz CT molecular complexity index is 1570. The number of benzene rings is 2. The van der Waals surface area contributed by atoms with E-state index in [1.165, 1.54) is 0 Å². The van der Waals surface area contributed by atoms with Crippen molar-refractivity contribution in [3.05, 3.63) is 113 Å². The van der Waals surface area contributed by atoms with E-state index in [9.17, 15) is 9.59 Å². The van der Waals surface area contributed by atoms with Crippen molar-refractivity contribution in [1.82, 2.24) is 10.3 Å². The average molecular weight is 553 g/mol.